The molecular formula is C11H5Br3FNOS. The molecule has 2 aromatic rings. The number of benzene rings is 1. The molecule has 0 aliphatic carbocycles. The molecule has 1 aromatic heterocycles. The van der Waals surface area contributed by atoms with Gasteiger partial charge in [0, 0.05) is 4.47 Å². The summed E-state index contributed by atoms with van der Waals surface area (Å²) in [5, 5.41) is 2.54. The zero-order valence-electron chi connectivity index (χ0n) is 8.64. The summed E-state index contributed by atoms with van der Waals surface area (Å²) < 4.78 is 15.6. The number of halogens is 4. The van der Waals surface area contributed by atoms with E-state index in [9.17, 15) is 9.18 Å². The van der Waals surface area contributed by atoms with Crippen LogP contribution in [0.4, 0.5) is 10.1 Å². The molecule has 94 valence electrons. The molecule has 1 heterocycles. The third kappa shape index (κ3) is 3.01. The topological polar surface area (TPSA) is 29.1 Å². The van der Waals surface area contributed by atoms with Crippen molar-refractivity contribution in [1.82, 2.24) is 0 Å². The summed E-state index contributed by atoms with van der Waals surface area (Å²) in [5.74, 6) is -0.849. The minimum atomic E-state index is -0.483. The molecule has 0 aliphatic heterocycles. The number of carbonyl (C=O) groups excluding carboxylic acids is 1. The van der Waals surface area contributed by atoms with Crippen LogP contribution in [-0.4, -0.2) is 5.91 Å². The van der Waals surface area contributed by atoms with E-state index in [1.54, 1.807) is 18.2 Å². The number of rotatable bonds is 2. The summed E-state index contributed by atoms with van der Waals surface area (Å²) in [6.07, 6.45) is 0. The number of hydrogen-bond donors (Lipinski definition) is 1. The molecule has 2 nitrogen and oxygen atoms in total. The number of amides is 1. The molecule has 7 heteroatoms. The third-order valence-electron chi connectivity index (χ3n) is 2.10. The molecule has 18 heavy (non-hydrogen) atoms. The molecule has 0 bridgehead atoms. The Morgan fingerprint density at radius 1 is 1.28 bits per heavy atom. The van der Waals surface area contributed by atoms with Gasteiger partial charge in [-0.05, 0) is 66.0 Å². The van der Waals surface area contributed by atoms with E-state index < -0.39 is 5.82 Å². The highest BCUT2D eigenvalue weighted by Gasteiger charge is 2.16. The molecule has 0 fully saturated rings. The molecule has 0 saturated carbocycles. The van der Waals surface area contributed by atoms with E-state index in [0.29, 0.717) is 13.8 Å². The molecule has 0 spiro atoms. The van der Waals surface area contributed by atoms with Gasteiger partial charge in [0.15, 0.2) is 0 Å². The lowest BCUT2D eigenvalue weighted by molar-refractivity contribution is 0.102. The van der Waals surface area contributed by atoms with Crippen LogP contribution in [0.2, 0.25) is 0 Å². The normalized spacial score (nSPS) is 10.4. The van der Waals surface area contributed by atoms with Gasteiger partial charge in [-0.25, -0.2) is 4.39 Å². The number of carbonyl (C=O) groups is 1. The lowest BCUT2D eigenvalue weighted by atomic mass is 10.2. The van der Waals surface area contributed by atoms with E-state index in [-0.39, 0.29) is 11.6 Å². The lowest BCUT2D eigenvalue weighted by Crippen LogP contribution is -2.13. The standard InChI is InChI=1S/C11H5Br3FNOS/c12-6-2-1-3-7(15)9(6)16-11(17)5-4-8(13)18-10(5)14/h1-4H,(H,16,17). The first-order valence-corrected chi connectivity index (χ1v) is 7.89. The zero-order chi connectivity index (χ0) is 13.3. The summed E-state index contributed by atoms with van der Waals surface area (Å²) in [6.45, 7) is 0. The Hall–Kier alpha value is -0.240. The Balaban J connectivity index is 2.30. The molecular weight excluding hydrogens is 453 g/mol. The van der Waals surface area contributed by atoms with E-state index in [0.717, 1.165) is 3.79 Å². The smallest absolute Gasteiger partial charge is 0.257 e. The van der Waals surface area contributed by atoms with E-state index in [2.05, 4.69) is 53.1 Å². The van der Waals surface area contributed by atoms with Gasteiger partial charge in [-0.2, -0.15) is 0 Å². The summed E-state index contributed by atoms with van der Waals surface area (Å²) in [5.41, 5.74) is 0.596. The number of hydrogen-bond acceptors (Lipinski definition) is 2. The van der Waals surface area contributed by atoms with Crippen molar-refractivity contribution in [3.8, 4) is 0 Å². The van der Waals surface area contributed by atoms with Crippen LogP contribution in [0.5, 0.6) is 0 Å². The van der Waals surface area contributed by atoms with Crippen LogP contribution in [0.25, 0.3) is 0 Å². The number of thiophene rings is 1. The molecule has 2 rings (SSSR count). The second kappa shape index (κ2) is 5.81. The van der Waals surface area contributed by atoms with Crippen molar-refractivity contribution >= 4 is 70.7 Å². The summed E-state index contributed by atoms with van der Waals surface area (Å²) in [6, 6.07) is 6.20. The SMILES string of the molecule is O=C(Nc1c(F)cccc1Br)c1cc(Br)sc1Br. The Kier molecular flexibility index (Phi) is 4.58. The predicted octanol–water partition coefficient (Wildman–Crippen LogP) is 5.43. The average Bonchev–Trinajstić information content (AvgIpc) is 2.63. The maximum Gasteiger partial charge on any atom is 0.257 e. The Labute approximate surface area is 132 Å². The van der Waals surface area contributed by atoms with Gasteiger partial charge in [0.05, 0.1) is 18.8 Å². The minimum Gasteiger partial charge on any atom is -0.318 e. The number of anilines is 1. The predicted molar refractivity (Wildman–Crippen MR) is 81.8 cm³/mol. The summed E-state index contributed by atoms with van der Waals surface area (Å²) in [7, 11) is 0. The monoisotopic (exact) mass is 455 g/mol. The fourth-order valence-corrected chi connectivity index (χ4v) is 4.53. The van der Waals surface area contributed by atoms with Crippen molar-refractivity contribution < 1.29 is 9.18 Å². The Morgan fingerprint density at radius 3 is 2.56 bits per heavy atom. The Bertz CT molecular complexity index is 594. The van der Waals surface area contributed by atoms with Gasteiger partial charge in [-0.3, -0.25) is 4.79 Å². The van der Waals surface area contributed by atoms with Crippen molar-refractivity contribution in [3.05, 3.63) is 47.7 Å². The van der Waals surface area contributed by atoms with Crippen LogP contribution >= 0.6 is 59.1 Å². The first-order chi connectivity index (χ1) is 8.49. The fraction of sp³-hybridized carbons (Fsp3) is 0. The highest BCUT2D eigenvalue weighted by molar-refractivity contribution is 9.12. The van der Waals surface area contributed by atoms with Gasteiger partial charge in [0.25, 0.3) is 5.91 Å². The number of nitrogens with one attached hydrogen (secondary N) is 1. The molecule has 1 aromatic carbocycles. The first kappa shape index (κ1) is 14.2. The van der Waals surface area contributed by atoms with Crippen molar-refractivity contribution in [1.29, 1.82) is 0 Å². The van der Waals surface area contributed by atoms with Gasteiger partial charge in [0.1, 0.15) is 5.82 Å². The van der Waals surface area contributed by atoms with Gasteiger partial charge in [0.2, 0.25) is 0 Å². The van der Waals surface area contributed by atoms with Gasteiger partial charge in [-0.15, -0.1) is 11.3 Å². The molecule has 0 atom stereocenters. The average molecular weight is 458 g/mol. The molecule has 0 saturated heterocycles. The second-order valence-electron chi connectivity index (χ2n) is 3.29. The van der Waals surface area contributed by atoms with Crippen LogP contribution in [0.1, 0.15) is 10.4 Å². The maximum atomic E-state index is 13.6. The van der Waals surface area contributed by atoms with Crippen LogP contribution in [0.15, 0.2) is 36.3 Å². The highest BCUT2D eigenvalue weighted by Crippen LogP contribution is 2.33. The third-order valence-corrected chi connectivity index (χ3v) is 5.10. The molecule has 0 aliphatic rings. The van der Waals surface area contributed by atoms with Crippen molar-refractivity contribution in [2.75, 3.05) is 5.32 Å². The lowest BCUT2D eigenvalue weighted by Gasteiger charge is -2.07. The van der Waals surface area contributed by atoms with Crippen molar-refractivity contribution in [2.24, 2.45) is 0 Å². The van der Waals surface area contributed by atoms with Crippen molar-refractivity contribution in [3.63, 3.8) is 0 Å². The molecule has 1 amide bonds. The van der Waals surface area contributed by atoms with Crippen LogP contribution in [0, 0.1) is 5.82 Å². The summed E-state index contributed by atoms with van der Waals surface area (Å²) in [4.78, 5) is 12.0. The largest absolute Gasteiger partial charge is 0.318 e. The van der Waals surface area contributed by atoms with Gasteiger partial charge < -0.3 is 5.32 Å². The Morgan fingerprint density at radius 2 is 2.00 bits per heavy atom. The minimum absolute atomic E-state index is 0.136. The number of para-hydroxylation sites is 1. The van der Waals surface area contributed by atoms with E-state index >= 15 is 0 Å². The van der Waals surface area contributed by atoms with E-state index in [1.165, 1.54) is 17.4 Å². The molecule has 0 radical (unpaired) electrons. The fourth-order valence-electron chi connectivity index (χ4n) is 1.29. The van der Waals surface area contributed by atoms with Crippen LogP contribution in [0.3, 0.4) is 0 Å². The van der Waals surface area contributed by atoms with E-state index in [1.807, 2.05) is 0 Å². The molecule has 0 unspecified atom stereocenters. The van der Waals surface area contributed by atoms with Gasteiger partial charge >= 0.3 is 0 Å². The second-order valence-corrected chi connectivity index (χ2v) is 7.89. The van der Waals surface area contributed by atoms with Gasteiger partial charge in [-0.1, -0.05) is 6.07 Å². The van der Waals surface area contributed by atoms with Crippen LogP contribution < -0.4 is 5.32 Å². The maximum absolute atomic E-state index is 13.6. The highest BCUT2D eigenvalue weighted by atomic mass is 79.9. The zero-order valence-corrected chi connectivity index (χ0v) is 14.2. The first-order valence-electron chi connectivity index (χ1n) is 4.69. The molecule has 1 N–H and O–H groups in total. The quantitative estimate of drug-likeness (QED) is 0.640. The van der Waals surface area contributed by atoms with Crippen molar-refractivity contribution in [2.45, 2.75) is 0 Å². The van der Waals surface area contributed by atoms with Crippen LogP contribution in [-0.2, 0) is 0 Å². The summed E-state index contributed by atoms with van der Waals surface area (Å²) >= 11 is 11.2. The van der Waals surface area contributed by atoms with E-state index in [4.69, 9.17) is 0 Å².